The van der Waals surface area contributed by atoms with Gasteiger partial charge in [-0.05, 0) is 6.07 Å². The Bertz CT molecular complexity index is 417. The van der Waals surface area contributed by atoms with E-state index in [4.69, 9.17) is 9.47 Å². The number of hydrogen-bond acceptors (Lipinski definition) is 3. The zero-order valence-corrected chi connectivity index (χ0v) is 11.0. The van der Waals surface area contributed by atoms with Crippen molar-refractivity contribution in [2.45, 2.75) is 25.7 Å². The molecule has 1 aromatic carbocycles. The van der Waals surface area contributed by atoms with E-state index in [9.17, 15) is 13.9 Å². The van der Waals surface area contributed by atoms with Crippen LogP contribution in [0.15, 0.2) is 12.1 Å². The highest BCUT2D eigenvalue weighted by Crippen LogP contribution is 2.39. The summed E-state index contributed by atoms with van der Waals surface area (Å²) >= 11 is 0. The predicted octanol–water partition coefficient (Wildman–Crippen LogP) is 2.91. The van der Waals surface area contributed by atoms with Crippen molar-refractivity contribution in [3.63, 3.8) is 0 Å². The molecule has 5 heteroatoms. The smallest absolute Gasteiger partial charge is 0.267 e. The molecule has 0 fully saturated rings. The van der Waals surface area contributed by atoms with Gasteiger partial charge in [0, 0.05) is 17.0 Å². The molecule has 0 atom stereocenters. The molecule has 0 radical (unpaired) electrons. The predicted molar refractivity (Wildman–Crippen MR) is 64.6 cm³/mol. The summed E-state index contributed by atoms with van der Waals surface area (Å²) in [7, 11) is 2.78. The molecule has 0 aliphatic carbocycles. The first-order chi connectivity index (χ1) is 8.37. The molecule has 0 unspecified atom stereocenters. The van der Waals surface area contributed by atoms with Crippen molar-refractivity contribution in [2.75, 3.05) is 20.8 Å². The Balaban J connectivity index is 3.46. The summed E-state index contributed by atoms with van der Waals surface area (Å²) in [6.07, 6.45) is -2.64. The second-order valence-electron chi connectivity index (χ2n) is 4.64. The highest BCUT2D eigenvalue weighted by atomic mass is 19.3. The molecule has 102 valence electrons. The van der Waals surface area contributed by atoms with Gasteiger partial charge in [0.2, 0.25) is 0 Å². The standard InChI is InChI=1S/C13H18F2O3/c1-13(2,7-16)9-5-8(12(14)15)10(17-3)6-11(9)18-4/h5-6,12,16H,7H2,1-4H3. The molecule has 0 saturated carbocycles. The molecule has 0 heterocycles. The van der Waals surface area contributed by atoms with Crippen LogP contribution in [0, 0.1) is 0 Å². The molecular formula is C13H18F2O3. The van der Waals surface area contributed by atoms with Crippen molar-refractivity contribution in [3.05, 3.63) is 23.3 Å². The molecule has 0 aliphatic rings. The Kier molecular flexibility index (Phi) is 4.51. The highest BCUT2D eigenvalue weighted by Gasteiger charge is 2.27. The van der Waals surface area contributed by atoms with Gasteiger partial charge in [-0.15, -0.1) is 0 Å². The fourth-order valence-electron chi connectivity index (χ4n) is 1.71. The van der Waals surface area contributed by atoms with E-state index < -0.39 is 11.8 Å². The molecule has 0 aliphatic heterocycles. The van der Waals surface area contributed by atoms with Crippen molar-refractivity contribution in [3.8, 4) is 11.5 Å². The topological polar surface area (TPSA) is 38.7 Å². The first kappa shape index (κ1) is 14.7. The lowest BCUT2D eigenvalue weighted by molar-refractivity contribution is 0.146. The zero-order chi connectivity index (χ0) is 13.9. The summed E-state index contributed by atoms with van der Waals surface area (Å²) in [6.45, 7) is 3.34. The molecule has 0 spiro atoms. The summed E-state index contributed by atoms with van der Waals surface area (Å²) in [6, 6.07) is 2.76. The van der Waals surface area contributed by atoms with E-state index in [-0.39, 0.29) is 17.9 Å². The van der Waals surface area contributed by atoms with Gasteiger partial charge in [-0.3, -0.25) is 0 Å². The monoisotopic (exact) mass is 260 g/mol. The van der Waals surface area contributed by atoms with Gasteiger partial charge in [0.05, 0.1) is 26.4 Å². The molecule has 1 N–H and O–H groups in total. The van der Waals surface area contributed by atoms with Crippen LogP contribution in [-0.4, -0.2) is 25.9 Å². The van der Waals surface area contributed by atoms with Crippen molar-refractivity contribution in [2.24, 2.45) is 0 Å². The Morgan fingerprint density at radius 1 is 1.17 bits per heavy atom. The highest BCUT2D eigenvalue weighted by molar-refractivity contribution is 5.50. The Hall–Kier alpha value is -1.36. The van der Waals surface area contributed by atoms with E-state index in [1.807, 2.05) is 0 Å². The van der Waals surface area contributed by atoms with Crippen molar-refractivity contribution in [1.29, 1.82) is 0 Å². The van der Waals surface area contributed by atoms with Gasteiger partial charge in [-0.25, -0.2) is 8.78 Å². The maximum Gasteiger partial charge on any atom is 0.267 e. The van der Waals surface area contributed by atoms with Gasteiger partial charge in [-0.2, -0.15) is 0 Å². The van der Waals surface area contributed by atoms with Crippen LogP contribution in [0.5, 0.6) is 11.5 Å². The van der Waals surface area contributed by atoms with Crippen LogP contribution >= 0.6 is 0 Å². The van der Waals surface area contributed by atoms with E-state index in [0.29, 0.717) is 11.3 Å². The minimum atomic E-state index is -2.64. The SMILES string of the molecule is COc1cc(OC)c(C(C)(C)CO)cc1C(F)F. The van der Waals surface area contributed by atoms with E-state index in [0.717, 1.165) is 0 Å². The largest absolute Gasteiger partial charge is 0.496 e. The normalized spacial score (nSPS) is 11.8. The number of halogens is 2. The second-order valence-corrected chi connectivity index (χ2v) is 4.64. The fraction of sp³-hybridized carbons (Fsp3) is 0.538. The average molecular weight is 260 g/mol. The minimum Gasteiger partial charge on any atom is -0.496 e. The van der Waals surface area contributed by atoms with Crippen LogP contribution < -0.4 is 9.47 Å². The number of ether oxygens (including phenoxy) is 2. The van der Waals surface area contributed by atoms with Crippen molar-refractivity contribution < 1.29 is 23.4 Å². The van der Waals surface area contributed by atoms with Crippen LogP contribution in [0.25, 0.3) is 0 Å². The average Bonchev–Trinajstić information content (AvgIpc) is 2.36. The Morgan fingerprint density at radius 3 is 2.11 bits per heavy atom. The molecule has 0 aromatic heterocycles. The second kappa shape index (κ2) is 5.52. The Labute approximate surface area is 105 Å². The molecular weight excluding hydrogens is 242 g/mol. The third kappa shape index (κ3) is 2.72. The maximum absolute atomic E-state index is 12.9. The van der Waals surface area contributed by atoms with Crippen LogP contribution in [0.3, 0.4) is 0 Å². The lowest BCUT2D eigenvalue weighted by Gasteiger charge is -2.26. The number of methoxy groups -OCH3 is 2. The molecule has 3 nitrogen and oxygen atoms in total. The van der Waals surface area contributed by atoms with Gasteiger partial charge in [0.1, 0.15) is 11.5 Å². The summed E-state index contributed by atoms with van der Waals surface area (Å²) < 4.78 is 36.0. The Morgan fingerprint density at radius 2 is 1.72 bits per heavy atom. The molecule has 18 heavy (non-hydrogen) atoms. The van der Waals surface area contributed by atoms with Gasteiger partial charge >= 0.3 is 0 Å². The molecule has 0 amide bonds. The van der Waals surface area contributed by atoms with Crippen LogP contribution in [0.2, 0.25) is 0 Å². The van der Waals surface area contributed by atoms with E-state index >= 15 is 0 Å². The van der Waals surface area contributed by atoms with Gasteiger partial charge in [0.15, 0.2) is 0 Å². The fourth-order valence-corrected chi connectivity index (χ4v) is 1.71. The lowest BCUT2D eigenvalue weighted by Crippen LogP contribution is -2.23. The third-order valence-corrected chi connectivity index (χ3v) is 2.91. The van der Waals surface area contributed by atoms with Crippen LogP contribution in [-0.2, 0) is 5.41 Å². The summed E-state index contributed by atoms with van der Waals surface area (Å²) in [5, 5.41) is 9.35. The van der Waals surface area contributed by atoms with Crippen LogP contribution in [0.1, 0.15) is 31.4 Å². The number of aliphatic hydroxyl groups is 1. The van der Waals surface area contributed by atoms with Crippen molar-refractivity contribution in [1.82, 2.24) is 0 Å². The number of hydrogen-bond donors (Lipinski definition) is 1. The van der Waals surface area contributed by atoms with Crippen molar-refractivity contribution >= 4 is 0 Å². The molecule has 1 rings (SSSR count). The van der Waals surface area contributed by atoms with Gasteiger partial charge in [-0.1, -0.05) is 13.8 Å². The number of rotatable bonds is 5. The van der Waals surface area contributed by atoms with E-state index in [2.05, 4.69) is 0 Å². The third-order valence-electron chi connectivity index (χ3n) is 2.91. The van der Waals surface area contributed by atoms with Gasteiger partial charge in [0.25, 0.3) is 6.43 Å². The maximum atomic E-state index is 12.9. The number of aliphatic hydroxyl groups excluding tert-OH is 1. The number of benzene rings is 1. The zero-order valence-electron chi connectivity index (χ0n) is 11.0. The quantitative estimate of drug-likeness (QED) is 0.884. The van der Waals surface area contributed by atoms with E-state index in [1.54, 1.807) is 13.8 Å². The first-order valence-electron chi connectivity index (χ1n) is 5.52. The summed E-state index contributed by atoms with van der Waals surface area (Å²) in [5.74, 6) is 0.509. The molecule has 0 saturated heterocycles. The van der Waals surface area contributed by atoms with E-state index in [1.165, 1.54) is 26.4 Å². The molecule has 0 bridgehead atoms. The molecule has 1 aromatic rings. The first-order valence-corrected chi connectivity index (χ1v) is 5.52. The summed E-state index contributed by atoms with van der Waals surface area (Å²) in [4.78, 5) is 0. The van der Waals surface area contributed by atoms with Gasteiger partial charge < -0.3 is 14.6 Å². The lowest BCUT2D eigenvalue weighted by atomic mass is 9.84. The number of alkyl halides is 2. The summed E-state index contributed by atoms with van der Waals surface area (Å²) in [5.41, 5.74) is -0.334. The minimum absolute atomic E-state index is 0.0827. The van der Waals surface area contributed by atoms with Crippen LogP contribution in [0.4, 0.5) is 8.78 Å².